The van der Waals surface area contributed by atoms with Gasteiger partial charge in [0.2, 0.25) is 0 Å². The van der Waals surface area contributed by atoms with Crippen molar-refractivity contribution >= 4 is 27.7 Å². The van der Waals surface area contributed by atoms with Crippen LogP contribution in [0.2, 0.25) is 0 Å². The third kappa shape index (κ3) is 2.10. The summed E-state index contributed by atoms with van der Waals surface area (Å²) in [7, 11) is 1.66. The maximum absolute atomic E-state index is 5.16. The van der Waals surface area contributed by atoms with Crippen molar-refractivity contribution in [1.82, 2.24) is 9.55 Å². The summed E-state index contributed by atoms with van der Waals surface area (Å²) in [5.74, 6) is 0.835. The molecule has 5 heteroatoms. The number of aromatic nitrogens is 2. The van der Waals surface area contributed by atoms with Gasteiger partial charge in [0.15, 0.2) is 5.16 Å². The van der Waals surface area contributed by atoms with E-state index < -0.39 is 0 Å². The maximum atomic E-state index is 5.16. The van der Waals surface area contributed by atoms with Gasteiger partial charge >= 0.3 is 0 Å². The predicted octanol–water partition coefficient (Wildman–Crippen LogP) is 3.37. The lowest BCUT2D eigenvalue weighted by molar-refractivity contribution is 0.414. The minimum absolute atomic E-state index is 0.835. The number of ether oxygens (including phenoxy) is 1. The van der Waals surface area contributed by atoms with Crippen LogP contribution in [0.4, 0.5) is 0 Å². The maximum Gasteiger partial charge on any atom is 0.172 e. The van der Waals surface area contributed by atoms with E-state index >= 15 is 0 Å². The highest BCUT2D eigenvalue weighted by molar-refractivity contribution is 9.10. The van der Waals surface area contributed by atoms with Gasteiger partial charge in [-0.25, -0.2) is 4.98 Å². The van der Waals surface area contributed by atoms with Crippen LogP contribution in [0.15, 0.2) is 40.2 Å². The fraction of sp³-hybridized carbons (Fsp3) is 0.182. The second-order valence-corrected chi connectivity index (χ2v) is 4.73. The number of thioether (sulfide) groups is 1. The number of rotatable bonds is 3. The molecule has 1 aromatic carbocycles. The molecular formula is C11H11BrN2OS. The van der Waals surface area contributed by atoms with E-state index in [0.29, 0.717) is 0 Å². The highest BCUT2D eigenvalue weighted by Crippen LogP contribution is 2.28. The molecule has 84 valence electrons. The number of methoxy groups -OCH3 is 1. The van der Waals surface area contributed by atoms with E-state index in [2.05, 4.69) is 20.9 Å². The van der Waals surface area contributed by atoms with Gasteiger partial charge in [0, 0.05) is 16.9 Å². The van der Waals surface area contributed by atoms with Crippen LogP contribution in [0.1, 0.15) is 0 Å². The minimum Gasteiger partial charge on any atom is -0.497 e. The first-order valence-electron chi connectivity index (χ1n) is 4.67. The Labute approximate surface area is 107 Å². The summed E-state index contributed by atoms with van der Waals surface area (Å²) >= 11 is 5.15. The van der Waals surface area contributed by atoms with Crippen molar-refractivity contribution in [3.63, 3.8) is 0 Å². The first kappa shape index (κ1) is 11.5. The number of benzene rings is 1. The molecule has 0 saturated heterocycles. The molecule has 0 unspecified atom stereocenters. The lowest BCUT2D eigenvalue weighted by Gasteiger charge is -2.09. The van der Waals surface area contributed by atoms with Gasteiger partial charge in [0.25, 0.3) is 0 Å². The van der Waals surface area contributed by atoms with Crippen LogP contribution in [0, 0.1) is 0 Å². The largest absolute Gasteiger partial charge is 0.497 e. The Morgan fingerprint density at radius 1 is 1.44 bits per heavy atom. The molecule has 2 rings (SSSR count). The Balaban J connectivity index is 2.48. The molecule has 0 spiro atoms. The number of hydrogen-bond donors (Lipinski definition) is 0. The molecule has 2 aromatic rings. The fourth-order valence-electron chi connectivity index (χ4n) is 1.43. The smallest absolute Gasteiger partial charge is 0.172 e. The fourth-order valence-corrected chi connectivity index (χ4v) is 2.51. The van der Waals surface area contributed by atoms with Crippen LogP contribution < -0.4 is 4.74 Å². The summed E-state index contributed by atoms with van der Waals surface area (Å²) < 4.78 is 8.19. The summed E-state index contributed by atoms with van der Waals surface area (Å²) in [5, 5.41) is 0.964. The standard InChI is InChI=1S/C11H11BrN2OS/c1-15-8-3-4-10(9(12)7-8)14-6-5-13-11(14)16-2/h3-7H,1-2H3. The van der Waals surface area contributed by atoms with E-state index in [4.69, 9.17) is 4.74 Å². The molecule has 0 saturated carbocycles. The third-order valence-corrected chi connectivity index (χ3v) is 3.51. The van der Waals surface area contributed by atoms with Gasteiger partial charge in [0.05, 0.1) is 12.8 Å². The first-order valence-corrected chi connectivity index (χ1v) is 6.69. The molecule has 0 radical (unpaired) electrons. The topological polar surface area (TPSA) is 27.1 Å². The van der Waals surface area contributed by atoms with Crippen molar-refractivity contribution in [2.75, 3.05) is 13.4 Å². The van der Waals surface area contributed by atoms with Crippen molar-refractivity contribution in [3.8, 4) is 11.4 Å². The Bertz CT molecular complexity index is 498. The van der Waals surface area contributed by atoms with Crippen LogP contribution in [-0.4, -0.2) is 22.9 Å². The summed E-state index contributed by atoms with van der Waals surface area (Å²) in [6, 6.07) is 5.88. The lowest BCUT2D eigenvalue weighted by atomic mass is 10.3. The molecule has 0 bridgehead atoms. The van der Waals surface area contributed by atoms with Gasteiger partial charge in [-0.05, 0) is 40.4 Å². The van der Waals surface area contributed by atoms with E-state index in [-0.39, 0.29) is 0 Å². The highest BCUT2D eigenvalue weighted by atomic mass is 79.9. The SMILES string of the molecule is COc1ccc(-n2ccnc2SC)c(Br)c1. The number of hydrogen-bond acceptors (Lipinski definition) is 3. The van der Waals surface area contributed by atoms with Gasteiger partial charge < -0.3 is 4.74 Å². The van der Waals surface area contributed by atoms with Crippen LogP contribution in [0.5, 0.6) is 5.75 Å². The molecule has 16 heavy (non-hydrogen) atoms. The van der Waals surface area contributed by atoms with Crippen molar-refractivity contribution in [2.24, 2.45) is 0 Å². The van der Waals surface area contributed by atoms with Crippen molar-refractivity contribution in [2.45, 2.75) is 5.16 Å². The average Bonchev–Trinajstić information content (AvgIpc) is 2.76. The summed E-state index contributed by atoms with van der Waals surface area (Å²) in [6.45, 7) is 0. The third-order valence-electron chi connectivity index (χ3n) is 2.20. The molecule has 0 fully saturated rings. The van der Waals surface area contributed by atoms with E-state index in [1.807, 2.05) is 35.2 Å². The van der Waals surface area contributed by atoms with Crippen molar-refractivity contribution in [1.29, 1.82) is 0 Å². The zero-order valence-corrected chi connectivity index (χ0v) is 11.4. The quantitative estimate of drug-likeness (QED) is 0.813. The zero-order chi connectivity index (χ0) is 11.5. The van der Waals surface area contributed by atoms with Crippen LogP contribution >= 0.6 is 27.7 Å². The second kappa shape index (κ2) is 4.93. The van der Waals surface area contributed by atoms with Crippen LogP contribution in [-0.2, 0) is 0 Å². The molecule has 0 aliphatic carbocycles. The van der Waals surface area contributed by atoms with Gasteiger partial charge in [0.1, 0.15) is 5.75 Å². The highest BCUT2D eigenvalue weighted by Gasteiger charge is 2.07. The summed E-state index contributed by atoms with van der Waals surface area (Å²) in [6.07, 6.45) is 5.75. The number of halogens is 1. The van der Waals surface area contributed by atoms with Crippen LogP contribution in [0.25, 0.3) is 5.69 Å². The number of imidazole rings is 1. The van der Waals surface area contributed by atoms with Gasteiger partial charge in [-0.15, -0.1) is 0 Å². The normalized spacial score (nSPS) is 10.4. The van der Waals surface area contributed by atoms with Crippen LogP contribution in [0.3, 0.4) is 0 Å². The summed E-state index contributed by atoms with van der Waals surface area (Å²) in [5.41, 5.74) is 1.06. The van der Waals surface area contributed by atoms with Crippen molar-refractivity contribution < 1.29 is 4.74 Å². The molecular weight excluding hydrogens is 288 g/mol. The van der Waals surface area contributed by atoms with Gasteiger partial charge in [-0.1, -0.05) is 11.8 Å². The minimum atomic E-state index is 0.835. The Morgan fingerprint density at radius 3 is 2.88 bits per heavy atom. The Morgan fingerprint density at radius 2 is 2.25 bits per heavy atom. The molecule has 3 nitrogen and oxygen atoms in total. The van der Waals surface area contributed by atoms with Gasteiger partial charge in [-0.3, -0.25) is 4.57 Å². The Hall–Kier alpha value is -0.940. The average molecular weight is 299 g/mol. The molecule has 0 atom stereocenters. The molecule has 0 N–H and O–H groups in total. The summed E-state index contributed by atoms with van der Waals surface area (Å²) in [4.78, 5) is 4.27. The van der Waals surface area contributed by atoms with E-state index in [0.717, 1.165) is 21.1 Å². The molecule has 0 aliphatic heterocycles. The van der Waals surface area contributed by atoms with Gasteiger partial charge in [-0.2, -0.15) is 0 Å². The molecule has 0 aliphatic rings. The zero-order valence-electron chi connectivity index (χ0n) is 8.98. The molecule has 1 heterocycles. The van der Waals surface area contributed by atoms with E-state index in [1.165, 1.54) is 0 Å². The molecule has 1 aromatic heterocycles. The monoisotopic (exact) mass is 298 g/mol. The van der Waals surface area contributed by atoms with E-state index in [1.54, 1.807) is 25.1 Å². The first-order chi connectivity index (χ1) is 7.76. The molecule has 0 amide bonds. The second-order valence-electron chi connectivity index (χ2n) is 3.10. The Kier molecular flexibility index (Phi) is 3.56. The lowest BCUT2D eigenvalue weighted by Crippen LogP contribution is -1.96. The van der Waals surface area contributed by atoms with E-state index in [9.17, 15) is 0 Å². The number of nitrogens with zero attached hydrogens (tertiary/aromatic N) is 2. The predicted molar refractivity (Wildman–Crippen MR) is 69.6 cm³/mol. The van der Waals surface area contributed by atoms with Crippen molar-refractivity contribution in [3.05, 3.63) is 35.1 Å².